The first kappa shape index (κ1) is 12.0. The molecular weight excluding hydrogens is 216 g/mol. The number of hydrogen-bond donors (Lipinski definition) is 3. The van der Waals surface area contributed by atoms with E-state index >= 15 is 0 Å². The van der Waals surface area contributed by atoms with Crippen LogP contribution in [0.1, 0.15) is 48.8 Å². The summed E-state index contributed by atoms with van der Waals surface area (Å²) in [5.74, 6) is 0.423. The largest absolute Gasteiger partial charge is 0.395 e. The average molecular weight is 236 g/mol. The Hall–Kier alpha value is -1.52. The van der Waals surface area contributed by atoms with Crippen LogP contribution in [0.2, 0.25) is 0 Å². The fourth-order valence-corrected chi connectivity index (χ4v) is 2.46. The van der Waals surface area contributed by atoms with E-state index in [0.717, 1.165) is 5.69 Å². The van der Waals surface area contributed by atoms with Gasteiger partial charge in [-0.1, -0.05) is 12.8 Å². The van der Waals surface area contributed by atoms with E-state index in [1.54, 1.807) is 6.92 Å². The zero-order valence-corrected chi connectivity index (χ0v) is 10.4. The molecule has 1 saturated carbocycles. The van der Waals surface area contributed by atoms with Crippen LogP contribution in [-0.4, -0.2) is 22.1 Å². The van der Waals surface area contributed by atoms with E-state index in [0.29, 0.717) is 17.3 Å². The second kappa shape index (κ2) is 4.77. The quantitative estimate of drug-likeness (QED) is 0.745. The molecule has 1 aliphatic rings. The maximum absolute atomic E-state index is 12.0. The summed E-state index contributed by atoms with van der Waals surface area (Å²) >= 11 is 0. The lowest BCUT2D eigenvalue weighted by atomic mass is 10.00. The number of rotatable bonds is 3. The predicted octanol–water partition coefficient (Wildman–Crippen LogP) is 1.61. The number of hydrogen-bond acceptors (Lipinski definition) is 3. The standard InChI is InChI=1S/C12H20N4O/c1-7(9-5-3-4-6-9)14-12(17)11-10(13)8(2)15-16-11/h7,9H,3-6,13H2,1-2H3,(H,14,17)(H,15,16). The fourth-order valence-electron chi connectivity index (χ4n) is 2.46. The molecule has 5 heteroatoms. The Morgan fingerprint density at radius 2 is 2.18 bits per heavy atom. The molecule has 1 unspecified atom stereocenters. The third-order valence-electron chi connectivity index (χ3n) is 3.68. The number of nitrogens with two attached hydrogens (primary N) is 1. The van der Waals surface area contributed by atoms with Crippen molar-refractivity contribution in [3.05, 3.63) is 11.4 Å². The zero-order chi connectivity index (χ0) is 12.4. The minimum Gasteiger partial charge on any atom is -0.395 e. The van der Waals surface area contributed by atoms with E-state index in [4.69, 9.17) is 5.73 Å². The van der Waals surface area contributed by atoms with Crippen molar-refractivity contribution in [2.75, 3.05) is 5.73 Å². The Morgan fingerprint density at radius 1 is 1.53 bits per heavy atom. The highest BCUT2D eigenvalue weighted by molar-refractivity contribution is 5.97. The van der Waals surface area contributed by atoms with Crippen molar-refractivity contribution in [1.82, 2.24) is 15.5 Å². The highest BCUT2D eigenvalue weighted by Crippen LogP contribution is 2.27. The number of H-pyrrole nitrogens is 1. The van der Waals surface area contributed by atoms with Gasteiger partial charge in [0.05, 0.1) is 11.4 Å². The van der Waals surface area contributed by atoms with Gasteiger partial charge in [0, 0.05) is 6.04 Å². The number of carbonyl (C=O) groups is 1. The summed E-state index contributed by atoms with van der Waals surface area (Å²) in [4.78, 5) is 12.0. The first-order chi connectivity index (χ1) is 8.09. The van der Waals surface area contributed by atoms with Gasteiger partial charge in [-0.15, -0.1) is 0 Å². The van der Waals surface area contributed by atoms with Gasteiger partial charge in [0.15, 0.2) is 5.69 Å². The van der Waals surface area contributed by atoms with Crippen LogP contribution in [0, 0.1) is 12.8 Å². The van der Waals surface area contributed by atoms with E-state index in [1.807, 2.05) is 0 Å². The molecule has 1 aromatic rings. The Morgan fingerprint density at radius 3 is 2.71 bits per heavy atom. The molecule has 1 aromatic heterocycles. The molecule has 5 nitrogen and oxygen atoms in total. The Balaban J connectivity index is 1.99. The highest BCUT2D eigenvalue weighted by atomic mass is 16.2. The van der Waals surface area contributed by atoms with Crippen LogP contribution in [0.25, 0.3) is 0 Å². The second-order valence-corrected chi connectivity index (χ2v) is 4.92. The van der Waals surface area contributed by atoms with Crippen LogP contribution in [-0.2, 0) is 0 Å². The molecule has 0 saturated heterocycles. The third kappa shape index (κ3) is 2.43. The van der Waals surface area contributed by atoms with Crippen molar-refractivity contribution in [3.63, 3.8) is 0 Å². The van der Waals surface area contributed by atoms with Crippen LogP contribution >= 0.6 is 0 Å². The van der Waals surface area contributed by atoms with Gasteiger partial charge in [-0.25, -0.2) is 0 Å². The van der Waals surface area contributed by atoms with E-state index < -0.39 is 0 Å². The molecule has 0 aliphatic heterocycles. The smallest absolute Gasteiger partial charge is 0.274 e. The molecule has 2 rings (SSSR count). The van der Waals surface area contributed by atoms with Crippen LogP contribution in [0.4, 0.5) is 5.69 Å². The lowest BCUT2D eigenvalue weighted by Crippen LogP contribution is -2.37. The lowest BCUT2D eigenvalue weighted by molar-refractivity contribution is 0.0923. The molecular formula is C12H20N4O. The maximum Gasteiger partial charge on any atom is 0.274 e. The maximum atomic E-state index is 12.0. The van der Waals surface area contributed by atoms with E-state index in [1.165, 1.54) is 25.7 Å². The van der Waals surface area contributed by atoms with E-state index in [2.05, 4.69) is 22.4 Å². The van der Waals surface area contributed by atoms with Gasteiger partial charge in [-0.2, -0.15) is 5.10 Å². The second-order valence-electron chi connectivity index (χ2n) is 4.92. The predicted molar refractivity (Wildman–Crippen MR) is 66.6 cm³/mol. The van der Waals surface area contributed by atoms with Gasteiger partial charge in [0.1, 0.15) is 0 Å². The van der Waals surface area contributed by atoms with Crippen LogP contribution in [0.3, 0.4) is 0 Å². The summed E-state index contributed by atoms with van der Waals surface area (Å²) in [5.41, 5.74) is 7.28. The van der Waals surface area contributed by atoms with Crippen LogP contribution in [0.15, 0.2) is 0 Å². The Kier molecular flexibility index (Phi) is 3.36. The number of aromatic nitrogens is 2. The topological polar surface area (TPSA) is 83.8 Å². The van der Waals surface area contributed by atoms with Gasteiger partial charge in [0.2, 0.25) is 0 Å². The van der Waals surface area contributed by atoms with Crippen molar-refractivity contribution < 1.29 is 4.79 Å². The van der Waals surface area contributed by atoms with Crippen molar-refractivity contribution in [3.8, 4) is 0 Å². The Bertz CT molecular complexity index is 407. The van der Waals surface area contributed by atoms with Crippen molar-refractivity contribution in [1.29, 1.82) is 0 Å². The van der Waals surface area contributed by atoms with Crippen molar-refractivity contribution >= 4 is 11.6 Å². The SMILES string of the molecule is Cc1[nH]nc(C(=O)NC(C)C2CCCC2)c1N. The number of carbonyl (C=O) groups excluding carboxylic acids is 1. The first-order valence-corrected chi connectivity index (χ1v) is 6.21. The zero-order valence-electron chi connectivity index (χ0n) is 10.4. The number of anilines is 1. The number of nitrogen functional groups attached to an aromatic ring is 1. The Labute approximate surface area is 101 Å². The summed E-state index contributed by atoms with van der Waals surface area (Å²) in [6.07, 6.45) is 4.95. The van der Waals surface area contributed by atoms with Gasteiger partial charge in [-0.3, -0.25) is 9.89 Å². The summed E-state index contributed by atoms with van der Waals surface area (Å²) in [5, 5.41) is 9.65. The van der Waals surface area contributed by atoms with Crippen LogP contribution < -0.4 is 11.1 Å². The van der Waals surface area contributed by atoms with Crippen molar-refractivity contribution in [2.24, 2.45) is 5.92 Å². The fraction of sp³-hybridized carbons (Fsp3) is 0.667. The molecule has 1 amide bonds. The molecule has 1 fully saturated rings. The van der Waals surface area contributed by atoms with Gasteiger partial charge < -0.3 is 11.1 Å². The number of nitrogens with zero attached hydrogens (tertiary/aromatic N) is 1. The number of aryl methyl sites for hydroxylation is 1. The van der Waals surface area contributed by atoms with Crippen molar-refractivity contribution in [2.45, 2.75) is 45.6 Å². The summed E-state index contributed by atoms with van der Waals surface area (Å²) in [6.45, 7) is 3.86. The molecule has 1 heterocycles. The molecule has 4 N–H and O–H groups in total. The summed E-state index contributed by atoms with van der Waals surface area (Å²) in [6, 6.07) is 0.196. The minimum absolute atomic E-state index is 0.175. The molecule has 1 atom stereocenters. The van der Waals surface area contributed by atoms with Gasteiger partial charge in [0.25, 0.3) is 5.91 Å². The van der Waals surface area contributed by atoms with Crippen LogP contribution in [0.5, 0.6) is 0 Å². The molecule has 0 bridgehead atoms. The van der Waals surface area contributed by atoms with E-state index in [-0.39, 0.29) is 11.9 Å². The molecule has 0 radical (unpaired) electrons. The average Bonchev–Trinajstić information content (AvgIpc) is 2.90. The molecule has 94 valence electrons. The summed E-state index contributed by atoms with van der Waals surface area (Å²) < 4.78 is 0. The molecule has 1 aliphatic carbocycles. The minimum atomic E-state index is -0.175. The van der Waals surface area contributed by atoms with Gasteiger partial charge in [-0.05, 0) is 32.6 Å². The number of aromatic amines is 1. The monoisotopic (exact) mass is 236 g/mol. The molecule has 0 aromatic carbocycles. The summed E-state index contributed by atoms with van der Waals surface area (Å²) in [7, 11) is 0. The van der Waals surface area contributed by atoms with Gasteiger partial charge >= 0.3 is 0 Å². The first-order valence-electron chi connectivity index (χ1n) is 6.21. The highest BCUT2D eigenvalue weighted by Gasteiger charge is 2.24. The normalized spacial score (nSPS) is 18.2. The lowest BCUT2D eigenvalue weighted by Gasteiger charge is -2.19. The molecule has 0 spiro atoms. The number of nitrogens with one attached hydrogen (secondary N) is 2. The molecule has 17 heavy (non-hydrogen) atoms. The van der Waals surface area contributed by atoms with E-state index in [9.17, 15) is 4.79 Å². The number of amides is 1. The third-order valence-corrected chi connectivity index (χ3v) is 3.68.